The molecule has 1 aliphatic heterocycles. The van der Waals surface area contributed by atoms with Gasteiger partial charge in [0, 0.05) is 17.9 Å². The zero-order chi connectivity index (χ0) is 8.48. The third kappa shape index (κ3) is 2.63. The van der Waals surface area contributed by atoms with Crippen LogP contribution in [0.15, 0.2) is 0 Å². The molecule has 11 heavy (non-hydrogen) atoms. The lowest BCUT2D eigenvalue weighted by Crippen LogP contribution is -2.45. The Labute approximate surface area is 71.7 Å². The fourth-order valence-electron chi connectivity index (χ4n) is 1.16. The summed E-state index contributed by atoms with van der Waals surface area (Å²) in [4.78, 5) is 0.550. The van der Waals surface area contributed by atoms with Crippen LogP contribution < -0.4 is 0 Å². The molecule has 1 atom stereocenters. The topological polar surface area (TPSA) is 3.24 Å². The van der Waals surface area contributed by atoms with Crippen LogP contribution in [0.4, 0.5) is 13.2 Å². The Kier molecular flexibility index (Phi) is 2.80. The van der Waals surface area contributed by atoms with Crippen LogP contribution in [0.5, 0.6) is 0 Å². The second-order valence-electron chi connectivity index (χ2n) is 2.65. The molecule has 0 aromatic carbocycles. The van der Waals surface area contributed by atoms with Crippen molar-refractivity contribution in [1.29, 1.82) is 0 Å². The Hall–Kier alpha value is 0.230. The van der Waals surface area contributed by atoms with Crippen LogP contribution in [0.1, 0.15) is 12.8 Å². The number of alkyl halides is 4. The van der Waals surface area contributed by atoms with E-state index in [1.807, 2.05) is 0 Å². The minimum atomic E-state index is -4.15. The molecule has 0 spiro atoms. The minimum absolute atomic E-state index is 0.00197. The van der Waals surface area contributed by atoms with Crippen molar-refractivity contribution < 1.29 is 13.2 Å². The molecule has 0 N–H and O–H groups in total. The molecule has 0 aromatic heterocycles. The first kappa shape index (κ1) is 9.32. The van der Waals surface area contributed by atoms with Crippen molar-refractivity contribution in [1.82, 2.24) is 4.90 Å². The normalized spacial score (nSPS) is 28.9. The zero-order valence-corrected chi connectivity index (χ0v) is 7.45. The van der Waals surface area contributed by atoms with Crippen molar-refractivity contribution in [2.24, 2.45) is 0 Å². The Morgan fingerprint density at radius 1 is 1.36 bits per heavy atom. The number of halogens is 4. The van der Waals surface area contributed by atoms with E-state index < -0.39 is 6.30 Å². The SMILES string of the molecule is FC(F)(F)N1CCCC(Br)C1. The molecule has 0 amide bonds. The lowest BCUT2D eigenvalue weighted by atomic mass is 10.1. The lowest BCUT2D eigenvalue weighted by molar-refractivity contribution is -0.248. The molecule has 1 rings (SSSR count). The van der Waals surface area contributed by atoms with Gasteiger partial charge in [0.05, 0.1) is 0 Å². The van der Waals surface area contributed by atoms with Gasteiger partial charge in [-0.25, -0.2) is 4.90 Å². The predicted octanol–water partition coefficient (Wildman–Crippen LogP) is 2.37. The summed E-state index contributed by atoms with van der Waals surface area (Å²) in [6.45, 7) is 0.231. The standard InChI is InChI=1S/C6H9BrF3N/c7-5-2-1-3-11(4-5)6(8,9)10/h5H,1-4H2. The molecule has 66 valence electrons. The van der Waals surface area contributed by atoms with Gasteiger partial charge in [-0.15, -0.1) is 0 Å². The van der Waals surface area contributed by atoms with Crippen molar-refractivity contribution in [2.75, 3.05) is 13.1 Å². The molecule has 1 aliphatic rings. The number of likely N-dealkylation sites (tertiary alicyclic amines) is 1. The molecule has 0 bridgehead atoms. The first-order valence-corrected chi connectivity index (χ1v) is 4.37. The highest BCUT2D eigenvalue weighted by molar-refractivity contribution is 9.09. The second kappa shape index (κ2) is 3.31. The Morgan fingerprint density at radius 3 is 2.36 bits per heavy atom. The first-order valence-electron chi connectivity index (χ1n) is 3.46. The van der Waals surface area contributed by atoms with Gasteiger partial charge in [-0.05, 0) is 12.8 Å². The van der Waals surface area contributed by atoms with Crippen molar-refractivity contribution in [2.45, 2.75) is 24.0 Å². The van der Waals surface area contributed by atoms with Gasteiger partial charge in [0.2, 0.25) is 0 Å². The predicted molar refractivity (Wildman–Crippen MR) is 39.6 cm³/mol. The van der Waals surface area contributed by atoms with Gasteiger partial charge < -0.3 is 0 Å². The summed E-state index contributed by atoms with van der Waals surface area (Å²) in [5.41, 5.74) is 0. The quantitative estimate of drug-likeness (QED) is 0.457. The van der Waals surface area contributed by atoms with Crippen LogP contribution in [0.25, 0.3) is 0 Å². The van der Waals surface area contributed by atoms with E-state index >= 15 is 0 Å². The van der Waals surface area contributed by atoms with Crippen molar-refractivity contribution in [3.05, 3.63) is 0 Å². The molecular weight excluding hydrogens is 223 g/mol. The molecule has 0 saturated carbocycles. The number of nitrogens with zero attached hydrogens (tertiary/aromatic N) is 1. The Morgan fingerprint density at radius 2 is 2.00 bits per heavy atom. The van der Waals surface area contributed by atoms with E-state index in [4.69, 9.17) is 0 Å². The molecule has 0 aromatic rings. The highest BCUT2D eigenvalue weighted by Crippen LogP contribution is 2.27. The lowest BCUT2D eigenvalue weighted by Gasteiger charge is -2.31. The molecule has 0 radical (unpaired) electrons. The van der Waals surface area contributed by atoms with E-state index in [0.717, 1.165) is 6.42 Å². The zero-order valence-electron chi connectivity index (χ0n) is 5.86. The van der Waals surface area contributed by atoms with Crippen LogP contribution in [0, 0.1) is 0 Å². The number of hydrogen-bond donors (Lipinski definition) is 0. The van der Waals surface area contributed by atoms with Gasteiger partial charge in [0.15, 0.2) is 0 Å². The van der Waals surface area contributed by atoms with Gasteiger partial charge in [0.25, 0.3) is 0 Å². The fraction of sp³-hybridized carbons (Fsp3) is 1.00. The monoisotopic (exact) mass is 231 g/mol. The Bertz CT molecular complexity index is 136. The van der Waals surface area contributed by atoms with Crippen molar-refractivity contribution in [3.8, 4) is 0 Å². The minimum Gasteiger partial charge on any atom is -0.213 e. The average Bonchev–Trinajstić information content (AvgIpc) is 1.86. The highest BCUT2D eigenvalue weighted by Gasteiger charge is 2.39. The van der Waals surface area contributed by atoms with E-state index in [1.54, 1.807) is 0 Å². The van der Waals surface area contributed by atoms with Crippen LogP contribution in [-0.2, 0) is 0 Å². The number of piperidine rings is 1. The van der Waals surface area contributed by atoms with Gasteiger partial charge in [-0.1, -0.05) is 15.9 Å². The highest BCUT2D eigenvalue weighted by atomic mass is 79.9. The average molecular weight is 232 g/mol. The third-order valence-corrected chi connectivity index (χ3v) is 2.47. The summed E-state index contributed by atoms with van der Waals surface area (Å²) in [5, 5.41) is 0. The van der Waals surface area contributed by atoms with Gasteiger partial charge in [-0.3, -0.25) is 0 Å². The molecular formula is C6H9BrF3N. The fourth-order valence-corrected chi connectivity index (χ4v) is 1.83. The molecule has 1 fully saturated rings. The van der Waals surface area contributed by atoms with E-state index in [0.29, 0.717) is 11.3 Å². The first-order chi connectivity index (χ1) is 5.00. The van der Waals surface area contributed by atoms with E-state index in [-0.39, 0.29) is 17.9 Å². The largest absolute Gasteiger partial charge is 0.459 e. The summed E-state index contributed by atoms with van der Waals surface area (Å²) in [5.74, 6) is 0. The third-order valence-electron chi connectivity index (χ3n) is 1.72. The number of hydrogen-bond acceptors (Lipinski definition) is 1. The van der Waals surface area contributed by atoms with E-state index in [9.17, 15) is 13.2 Å². The van der Waals surface area contributed by atoms with Gasteiger partial charge in [-0.2, -0.15) is 13.2 Å². The molecule has 5 heteroatoms. The Balaban J connectivity index is 2.46. The maximum atomic E-state index is 12.0. The smallest absolute Gasteiger partial charge is 0.213 e. The molecule has 1 nitrogen and oxygen atoms in total. The molecule has 1 saturated heterocycles. The summed E-state index contributed by atoms with van der Waals surface area (Å²) in [7, 11) is 0. The van der Waals surface area contributed by atoms with E-state index in [1.165, 1.54) is 0 Å². The van der Waals surface area contributed by atoms with Crippen LogP contribution in [0.2, 0.25) is 0 Å². The molecule has 1 heterocycles. The summed E-state index contributed by atoms with van der Waals surface area (Å²) < 4.78 is 36.1. The van der Waals surface area contributed by atoms with Gasteiger partial charge in [0.1, 0.15) is 0 Å². The molecule has 1 unspecified atom stereocenters. The maximum absolute atomic E-state index is 12.0. The van der Waals surface area contributed by atoms with Crippen LogP contribution in [-0.4, -0.2) is 29.1 Å². The second-order valence-corrected chi connectivity index (χ2v) is 3.95. The van der Waals surface area contributed by atoms with Crippen LogP contribution in [0.3, 0.4) is 0 Å². The summed E-state index contributed by atoms with van der Waals surface area (Å²) >= 11 is 3.18. The molecule has 0 aliphatic carbocycles. The van der Waals surface area contributed by atoms with Crippen molar-refractivity contribution in [3.63, 3.8) is 0 Å². The summed E-state index contributed by atoms with van der Waals surface area (Å²) in [6.07, 6.45) is -2.69. The number of rotatable bonds is 0. The van der Waals surface area contributed by atoms with E-state index in [2.05, 4.69) is 15.9 Å². The maximum Gasteiger partial charge on any atom is 0.459 e. The van der Waals surface area contributed by atoms with Crippen LogP contribution >= 0.6 is 15.9 Å². The van der Waals surface area contributed by atoms with Crippen molar-refractivity contribution >= 4 is 15.9 Å². The summed E-state index contributed by atoms with van der Waals surface area (Å²) in [6, 6.07) is 0. The van der Waals surface area contributed by atoms with Gasteiger partial charge >= 0.3 is 6.30 Å².